The molecule has 4 nitrogen and oxygen atoms in total. The number of para-hydroxylation sites is 2. The summed E-state index contributed by atoms with van der Waals surface area (Å²) in [5.41, 5.74) is 0.750. The van der Waals surface area contributed by atoms with Gasteiger partial charge in [0, 0.05) is 12.6 Å². The standard InChI is InChI=1S/C11H16N2O2S/c1-2-16-9-5-8-12-10-6-3-4-7-11(10)13(14)15/h3-4,6-7,12H,2,5,8-9H2,1H3. The highest BCUT2D eigenvalue weighted by atomic mass is 32.2. The quantitative estimate of drug-likeness (QED) is 0.452. The highest BCUT2D eigenvalue weighted by Gasteiger charge is 2.10. The van der Waals surface area contributed by atoms with Gasteiger partial charge < -0.3 is 5.32 Å². The zero-order chi connectivity index (χ0) is 11.8. The van der Waals surface area contributed by atoms with Crippen LogP contribution in [0.2, 0.25) is 0 Å². The Morgan fingerprint density at radius 1 is 1.44 bits per heavy atom. The Balaban J connectivity index is 2.44. The number of hydrogen-bond acceptors (Lipinski definition) is 4. The summed E-state index contributed by atoms with van der Waals surface area (Å²) < 4.78 is 0. The number of nitrogens with one attached hydrogen (secondary N) is 1. The maximum Gasteiger partial charge on any atom is 0.292 e. The van der Waals surface area contributed by atoms with Crippen LogP contribution in [0.15, 0.2) is 24.3 Å². The molecule has 0 spiro atoms. The van der Waals surface area contributed by atoms with Gasteiger partial charge in [-0.1, -0.05) is 19.1 Å². The molecule has 88 valence electrons. The first-order valence-corrected chi connectivity index (χ1v) is 6.46. The van der Waals surface area contributed by atoms with Crippen molar-refractivity contribution >= 4 is 23.1 Å². The van der Waals surface area contributed by atoms with E-state index in [1.807, 2.05) is 11.8 Å². The first-order valence-electron chi connectivity index (χ1n) is 5.30. The second kappa shape index (κ2) is 7.11. The molecule has 0 aliphatic carbocycles. The molecule has 1 aromatic carbocycles. The van der Waals surface area contributed by atoms with Crippen LogP contribution >= 0.6 is 11.8 Å². The van der Waals surface area contributed by atoms with Crippen LogP contribution in [0.3, 0.4) is 0 Å². The fourth-order valence-corrected chi connectivity index (χ4v) is 1.96. The third kappa shape index (κ3) is 4.10. The smallest absolute Gasteiger partial charge is 0.292 e. The molecule has 0 aromatic heterocycles. The number of nitrogens with zero attached hydrogens (tertiary/aromatic N) is 1. The number of benzene rings is 1. The van der Waals surface area contributed by atoms with E-state index in [0.29, 0.717) is 5.69 Å². The summed E-state index contributed by atoms with van der Waals surface area (Å²) in [6, 6.07) is 6.74. The molecule has 0 saturated heterocycles. The first-order chi connectivity index (χ1) is 7.75. The Bertz CT molecular complexity index is 345. The van der Waals surface area contributed by atoms with Crippen molar-refractivity contribution in [2.24, 2.45) is 0 Å². The number of nitro groups is 1. The van der Waals surface area contributed by atoms with Gasteiger partial charge in [0.1, 0.15) is 5.69 Å². The van der Waals surface area contributed by atoms with Gasteiger partial charge >= 0.3 is 0 Å². The molecular formula is C11H16N2O2S. The number of rotatable bonds is 7. The summed E-state index contributed by atoms with van der Waals surface area (Å²) in [4.78, 5) is 10.4. The molecule has 0 bridgehead atoms. The minimum Gasteiger partial charge on any atom is -0.379 e. The zero-order valence-corrected chi connectivity index (χ0v) is 10.1. The second-order valence-corrected chi connectivity index (χ2v) is 4.65. The Kier molecular flexibility index (Phi) is 5.71. The minimum atomic E-state index is -0.358. The van der Waals surface area contributed by atoms with E-state index in [-0.39, 0.29) is 10.6 Å². The number of anilines is 1. The van der Waals surface area contributed by atoms with Gasteiger partial charge in [-0.15, -0.1) is 0 Å². The molecule has 0 unspecified atom stereocenters. The number of hydrogen-bond donors (Lipinski definition) is 1. The van der Waals surface area contributed by atoms with Crippen LogP contribution in [0.1, 0.15) is 13.3 Å². The molecule has 0 fully saturated rings. The highest BCUT2D eigenvalue weighted by molar-refractivity contribution is 7.99. The van der Waals surface area contributed by atoms with Crippen LogP contribution < -0.4 is 5.32 Å². The summed E-state index contributed by atoms with van der Waals surface area (Å²) in [7, 11) is 0. The van der Waals surface area contributed by atoms with Crippen LogP contribution in [0.4, 0.5) is 11.4 Å². The lowest BCUT2D eigenvalue weighted by Crippen LogP contribution is -2.05. The van der Waals surface area contributed by atoms with Crippen molar-refractivity contribution in [2.45, 2.75) is 13.3 Å². The van der Waals surface area contributed by atoms with Crippen molar-refractivity contribution in [1.82, 2.24) is 0 Å². The lowest BCUT2D eigenvalue weighted by molar-refractivity contribution is -0.384. The Labute approximate surface area is 99.6 Å². The summed E-state index contributed by atoms with van der Waals surface area (Å²) >= 11 is 1.88. The van der Waals surface area contributed by atoms with E-state index >= 15 is 0 Å². The highest BCUT2D eigenvalue weighted by Crippen LogP contribution is 2.22. The molecule has 1 rings (SSSR count). The van der Waals surface area contributed by atoms with Gasteiger partial charge in [0.05, 0.1) is 4.92 Å². The largest absolute Gasteiger partial charge is 0.379 e. The maximum absolute atomic E-state index is 10.7. The fourth-order valence-electron chi connectivity index (χ4n) is 1.32. The molecular weight excluding hydrogens is 224 g/mol. The Hall–Kier alpha value is -1.23. The van der Waals surface area contributed by atoms with Crippen molar-refractivity contribution in [3.05, 3.63) is 34.4 Å². The molecule has 0 amide bonds. The molecule has 1 N–H and O–H groups in total. The van der Waals surface area contributed by atoms with E-state index in [4.69, 9.17) is 0 Å². The van der Waals surface area contributed by atoms with Gasteiger partial charge in [-0.3, -0.25) is 10.1 Å². The van der Waals surface area contributed by atoms with Crippen LogP contribution in [0.5, 0.6) is 0 Å². The van der Waals surface area contributed by atoms with Gasteiger partial charge in [-0.05, 0) is 24.0 Å². The summed E-state index contributed by atoms with van der Waals surface area (Å²) in [5, 5.41) is 13.8. The van der Waals surface area contributed by atoms with E-state index in [2.05, 4.69) is 12.2 Å². The second-order valence-electron chi connectivity index (χ2n) is 3.25. The summed E-state index contributed by atoms with van der Waals surface area (Å²) in [5.74, 6) is 2.20. The lowest BCUT2D eigenvalue weighted by Gasteiger charge is -2.06. The first kappa shape index (κ1) is 12.8. The zero-order valence-electron chi connectivity index (χ0n) is 9.31. The predicted molar refractivity (Wildman–Crippen MR) is 69.2 cm³/mol. The summed E-state index contributed by atoms with van der Waals surface area (Å²) in [6.07, 6.45) is 1.02. The van der Waals surface area contributed by atoms with Crippen LogP contribution in [-0.2, 0) is 0 Å². The van der Waals surface area contributed by atoms with E-state index in [9.17, 15) is 10.1 Å². The van der Waals surface area contributed by atoms with Gasteiger partial charge in [-0.25, -0.2) is 0 Å². The predicted octanol–water partition coefficient (Wildman–Crippen LogP) is 3.15. The van der Waals surface area contributed by atoms with Crippen molar-refractivity contribution in [1.29, 1.82) is 0 Å². The van der Waals surface area contributed by atoms with E-state index in [1.165, 1.54) is 6.07 Å². The Morgan fingerprint density at radius 2 is 2.19 bits per heavy atom. The molecule has 0 aliphatic heterocycles. The van der Waals surface area contributed by atoms with Gasteiger partial charge in [0.2, 0.25) is 0 Å². The molecule has 0 radical (unpaired) electrons. The summed E-state index contributed by atoms with van der Waals surface area (Å²) in [6.45, 7) is 2.90. The lowest BCUT2D eigenvalue weighted by atomic mass is 10.2. The molecule has 0 heterocycles. The fraction of sp³-hybridized carbons (Fsp3) is 0.455. The van der Waals surface area contributed by atoms with Crippen molar-refractivity contribution in [3.8, 4) is 0 Å². The van der Waals surface area contributed by atoms with Gasteiger partial charge in [0.25, 0.3) is 5.69 Å². The average Bonchev–Trinajstić information content (AvgIpc) is 2.29. The third-order valence-electron chi connectivity index (χ3n) is 2.09. The Morgan fingerprint density at radius 3 is 2.88 bits per heavy atom. The monoisotopic (exact) mass is 240 g/mol. The molecule has 0 atom stereocenters. The van der Waals surface area contributed by atoms with Crippen molar-refractivity contribution < 1.29 is 4.92 Å². The van der Waals surface area contributed by atoms with Crippen molar-refractivity contribution in [2.75, 3.05) is 23.4 Å². The van der Waals surface area contributed by atoms with Crippen molar-refractivity contribution in [3.63, 3.8) is 0 Å². The SMILES string of the molecule is CCSCCCNc1ccccc1[N+](=O)[O-]. The van der Waals surface area contributed by atoms with Crippen LogP contribution in [0, 0.1) is 10.1 Å². The maximum atomic E-state index is 10.7. The van der Waals surface area contributed by atoms with Gasteiger partial charge in [0.15, 0.2) is 0 Å². The normalized spacial score (nSPS) is 10.1. The molecule has 1 aromatic rings. The third-order valence-corrected chi connectivity index (χ3v) is 3.07. The number of nitro benzene ring substituents is 1. The van der Waals surface area contributed by atoms with E-state index in [1.54, 1.807) is 18.2 Å². The number of thioether (sulfide) groups is 1. The molecule has 0 saturated carbocycles. The van der Waals surface area contributed by atoms with Gasteiger partial charge in [-0.2, -0.15) is 11.8 Å². The van der Waals surface area contributed by atoms with E-state index in [0.717, 1.165) is 24.5 Å². The minimum absolute atomic E-state index is 0.144. The molecule has 5 heteroatoms. The average molecular weight is 240 g/mol. The molecule has 16 heavy (non-hydrogen) atoms. The van der Waals surface area contributed by atoms with E-state index < -0.39 is 0 Å². The van der Waals surface area contributed by atoms with Crippen LogP contribution in [-0.4, -0.2) is 23.0 Å². The topological polar surface area (TPSA) is 55.2 Å². The molecule has 0 aliphatic rings. The van der Waals surface area contributed by atoms with Crippen LogP contribution in [0.25, 0.3) is 0 Å².